The van der Waals surface area contributed by atoms with Crippen molar-refractivity contribution < 1.29 is 19.5 Å². The third kappa shape index (κ3) is 4.20. The van der Waals surface area contributed by atoms with Crippen LogP contribution in [-0.4, -0.2) is 38.5 Å². The van der Waals surface area contributed by atoms with Gasteiger partial charge in [-0.3, -0.25) is 19.3 Å². The molecule has 2 aromatic rings. The zero-order valence-electron chi connectivity index (χ0n) is 16.1. The number of hydrogen-bond donors (Lipinski definition) is 1. The third-order valence-corrected chi connectivity index (χ3v) is 7.61. The number of Topliss-reactive ketones (excluding diaryl/α,β-unsaturated/α-hetero) is 1. The van der Waals surface area contributed by atoms with Crippen LogP contribution in [0.3, 0.4) is 0 Å². The molecule has 2 aliphatic rings. The molecule has 2 aliphatic heterocycles. The van der Waals surface area contributed by atoms with E-state index >= 15 is 0 Å². The molecule has 0 bridgehead atoms. The lowest BCUT2D eigenvalue weighted by molar-refractivity contribution is -0.137. The number of hydrogen-bond acceptors (Lipinski definition) is 6. The highest BCUT2D eigenvalue weighted by Gasteiger charge is 2.42. The number of rotatable bonds is 5. The molecule has 11 heteroatoms. The average molecular weight is 572 g/mol. The summed E-state index contributed by atoms with van der Waals surface area (Å²) in [5.74, 6) is -1.87. The van der Waals surface area contributed by atoms with E-state index in [-0.39, 0.29) is 40.2 Å². The van der Waals surface area contributed by atoms with Crippen molar-refractivity contribution in [1.82, 2.24) is 4.90 Å². The van der Waals surface area contributed by atoms with Crippen LogP contribution in [0.5, 0.6) is 0 Å². The number of aliphatic carboxylic acids is 1. The van der Waals surface area contributed by atoms with E-state index in [9.17, 15) is 14.4 Å². The van der Waals surface area contributed by atoms with Gasteiger partial charge in [0.2, 0.25) is 5.78 Å². The molecular weight excluding hydrogens is 559 g/mol. The standard InChI is InChI=1S/C21H13BrCl2N2O4S2/c22-10-4-5-15-11(8-10)18(29)17(26(15)9-12-13(23)2-1-3-14(12)24)19-20(30)25(21(31)32-19)7-6-16(27)28/h1-5,8H,6-7,9H2,(H,27,28)/b19-17-. The lowest BCUT2D eigenvalue weighted by Crippen LogP contribution is -2.31. The average Bonchev–Trinajstić information content (AvgIpc) is 3.15. The van der Waals surface area contributed by atoms with Crippen LogP contribution in [-0.2, 0) is 16.1 Å². The van der Waals surface area contributed by atoms with Crippen LogP contribution in [0.4, 0.5) is 5.69 Å². The van der Waals surface area contributed by atoms with Crippen molar-refractivity contribution in [2.45, 2.75) is 13.0 Å². The maximum Gasteiger partial charge on any atom is 0.305 e. The van der Waals surface area contributed by atoms with Gasteiger partial charge in [0.15, 0.2) is 0 Å². The van der Waals surface area contributed by atoms with Crippen molar-refractivity contribution in [3.63, 3.8) is 0 Å². The van der Waals surface area contributed by atoms with Crippen molar-refractivity contribution in [3.05, 3.63) is 72.6 Å². The maximum atomic E-state index is 13.4. The van der Waals surface area contributed by atoms with Gasteiger partial charge < -0.3 is 10.0 Å². The number of thiocarbonyl (C=S) groups is 1. The summed E-state index contributed by atoms with van der Waals surface area (Å²) >= 11 is 22.4. The Bertz CT molecular complexity index is 1210. The number of nitrogens with zero attached hydrogens (tertiary/aromatic N) is 2. The zero-order valence-corrected chi connectivity index (χ0v) is 20.8. The second-order valence-electron chi connectivity index (χ2n) is 6.92. The van der Waals surface area contributed by atoms with Crippen molar-refractivity contribution in [2.24, 2.45) is 0 Å². The first-order valence-electron chi connectivity index (χ1n) is 9.23. The quantitative estimate of drug-likeness (QED) is 0.375. The van der Waals surface area contributed by atoms with E-state index < -0.39 is 11.9 Å². The van der Waals surface area contributed by atoms with E-state index in [2.05, 4.69) is 15.9 Å². The fraction of sp³-hybridized carbons (Fsp3) is 0.143. The second kappa shape index (κ2) is 9.15. The van der Waals surface area contributed by atoms with Crippen molar-refractivity contribution in [3.8, 4) is 0 Å². The Morgan fingerprint density at radius 3 is 2.47 bits per heavy atom. The van der Waals surface area contributed by atoms with Crippen LogP contribution < -0.4 is 4.90 Å². The Morgan fingerprint density at radius 2 is 1.81 bits per heavy atom. The molecule has 32 heavy (non-hydrogen) atoms. The summed E-state index contributed by atoms with van der Waals surface area (Å²) in [5.41, 5.74) is 1.82. The van der Waals surface area contributed by atoms with E-state index in [0.29, 0.717) is 26.9 Å². The summed E-state index contributed by atoms with van der Waals surface area (Å²) in [6.45, 7) is 0.0905. The summed E-state index contributed by atoms with van der Waals surface area (Å²) in [6.07, 6.45) is -0.255. The molecule has 1 N–H and O–H groups in total. The molecule has 0 atom stereocenters. The molecule has 6 nitrogen and oxygen atoms in total. The van der Waals surface area contributed by atoms with E-state index in [1.807, 2.05) is 0 Å². The zero-order chi connectivity index (χ0) is 23.2. The molecule has 0 radical (unpaired) electrons. The molecule has 0 saturated carbocycles. The predicted molar refractivity (Wildman–Crippen MR) is 132 cm³/mol. The highest BCUT2D eigenvalue weighted by Crippen LogP contribution is 2.44. The molecule has 4 rings (SSSR count). The van der Waals surface area contributed by atoms with Gasteiger partial charge in [-0.15, -0.1) is 0 Å². The van der Waals surface area contributed by atoms with E-state index in [1.165, 1.54) is 4.90 Å². The summed E-state index contributed by atoms with van der Waals surface area (Å²) in [6, 6.07) is 10.4. The fourth-order valence-electron chi connectivity index (χ4n) is 3.47. The number of carbonyl (C=O) groups is 3. The minimum atomic E-state index is -1.05. The van der Waals surface area contributed by atoms with Crippen LogP contribution >= 0.6 is 63.1 Å². The predicted octanol–water partition coefficient (Wildman–Crippen LogP) is 5.51. The molecule has 0 aromatic heterocycles. The van der Waals surface area contributed by atoms with Crippen LogP contribution in [0.1, 0.15) is 22.3 Å². The van der Waals surface area contributed by atoms with Gasteiger partial charge in [0.25, 0.3) is 5.91 Å². The topological polar surface area (TPSA) is 77.9 Å². The molecule has 2 aromatic carbocycles. The number of halogens is 3. The lowest BCUT2D eigenvalue weighted by atomic mass is 10.1. The van der Waals surface area contributed by atoms with Gasteiger partial charge in [-0.2, -0.15) is 0 Å². The normalized spacial score (nSPS) is 18.0. The number of carboxylic acid groups (broad SMARTS) is 1. The summed E-state index contributed by atoms with van der Waals surface area (Å²) in [5, 5.41) is 9.84. The molecule has 1 fully saturated rings. The number of carboxylic acids is 1. The van der Waals surface area contributed by atoms with Crippen LogP contribution in [0.15, 0.2) is 51.5 Å². The smallest absolute Gasteiger partial charge is 0.305 e. The van der Waals surface area contributed by atoms with Gasteiger partial charge in [-0.05, 0) is 30.3 Å². The van der Waals surface area contributed by atoms with Gasteiger partial charge in [-0.1, -0.05) is 69.2 Å². The molecule has 164 valence electrons. The highest BCUT2D eigenvalue weighted by atomic mass is 79.9. The molecule has 1 amide bonds. The van der Waals surface area contributed by atoms with Crippen LogP contribution in [0, 0.1) is 0 Å². The Hall–Kier alpha value is -1.91. The van der Waals surface area contributed by atoms with Gasteiger partial charge in [0, 0.05) is 32.2 Å². The molecule has 2 heterocycles. The Balaban J connectivity index is 1.82. The Morgan fingerprint density at radius 1 is 1.12 bits per heavy atom. The number of fused-ring (bicyclic) bond motifs is 1. The number of ketones is 1. The molecule has 0 aliphatic carbocycles. The Kier molecular flexibility index (Phi) is 6.65. The first kappa shape index (κ1) is 23.3. The summed E-state index contributed by atoms with van der Waals surface area (Å²) < 4.78 is 0.926. The van der Waals surface area contributed by atoms with Gasteiger partial charge in [0.1, 0.15) is 14.9 Å². The maximum absolute atomic E-state index is 13.4. The Labute approximate surface area is 211 Å². The highest BCUT2D eigenvalue weighted by molar-refractivity contribution is 9.10. The van der Waals surface area contributed by atoms with E-state index in [4.69, 9.17) is 40.5 Å². The van der Waals surface area contributed by atoms with E-state index in [1.54, 1.807) is 41.3 Å². The number of thioether (sulfide) groups is 1. The molecular formula is C21H13BrCl2N2O4S2. The minimum absolute atomic E-state index is 0.0696. The second-order valence-corrected chi connectivity index (χ2v) is 10.3. The fourth-order valence-corrected chi connectivity index (χ4v) is 5.73. The monoisotopic (exact) mass is 570 g/mol. The summed E-state index contributed by atoms with van der Waals surface area (Å²) in [7, 11) is 0. The number of allylic oxidation sites excluding steroid dienone is 1. The molecule has 0 unspecified atom stereocenters. The SMILES string of the molecule is O=C(O)CCN1C(=O)/C(=C2\C(=O)c3cc(Br)ccc3N2Cc2c(Cl)cccc2Cl)SC1=S. The first-order chi connectivity index (χ1) is 15.2. The minimum Gasteiger partial charge on any atom is -0.481 e. The first-order valence-corrected chi connectivity index (χ1v) is 12.0. The number of amides is 1. The van der Waals surface area contributed by atoms with Gasteiger partial charge in [-0.25, -0.2) is 0 Å². The molecule has 0 spiro atoms. The van der Waals surface area contributed by atoms with Crippen LogP contribution in [0.2, 0.25) is 10.0 Å². The largest absolute Gasteiger partial charge is 0.481 e. The van der Waals surface area contributed by atoms with Gasteiger partial charge in [0.05, 0.1) is 18.7 Å². The number of benzene rings is 2. The van der Waals surface area contributed by atoms with Crippen molar-refractivity contribution in [2.75, 3.05) is 11.4 Å². The van der Waals surface area contributed by atoms with Crippen molar-refractivity contribution in [1.29, 1.82) is 0 Å². The van der Waals surface area contributed by atoms with Crippen molar-refractivity contribution >= 4 is 90.8 Å². The van der Waals surface area contributed by atoms with E-state index in [0.717, 1.165) is 16.2 Å². The third-order valence-electron chi connectivity index (χ3n) is 4.97. The lowest BCUT2D eigenvalue weighted by Gasteiger charge is -2.23. The van der Waals surface area contributed by atoms with Crippen LogP contribution in [0.25, 0.3) is 0 Å². The van der Waals surface area contributed by atoms with Gasteiger partial charge >= 0.3 is 5.97 Å². The summed E-state index contributed by atoms with van der Waals surface area (Å²) in [4.78, 5) is 40.6. The number of anilines is 1. The number of carbonyl (C=O) groups excluding carboxylic acids is 2. The molecule has 1 saturated heterocycles.